The second-order valence-corrected chi connectivity index (χ2v) is 6.30. The number of hydrogen-bond acceptors (Lipinski definition) is 2. The third-order valence-corrected chi connectivity index (χ3v) is 4.28. The molecule has 0 aliphatic heterocycles. The lowest BCUT2D eigenvalue weighted by atomic mass is 10.2. The number of rotatable bonds is 6. The Balaban J connectivity index is 1.67. The summed E-state index contributed by atoms with van der Waals surface area (Å²) in [6.07, 6.45) is 0. The number of aryl methyl sites for hydroxylation is 1. The van der Waals surface area contributed by atoms with Gasteiger partial charge < -0.3 is 5.32 Å². The van der Waals surface area contributed by atoms with E-state index in [4.69, 9.17) is 11.6 Å². The highest BCUT2D eigenvalue weighted by Gasteiger charge is 2.02. The van der Waals surface area contributed by atoms with Crippen molar-refractivity contribution in [2.75, 3.05) is 5.75 Å². The first kappa shape index (κ1) is 15.9. The summed E-state index contributed by atoms with van der Waals surface area (Å²) in [6, 6.07) is 15.9. The van der Waals surface area contributed by atoms with Crippen LogP contribution < -0.4 is 5.32 Å². The number of carbonyl (C=O) groups is 1. The van der Waals surface area contributed by atoms with Gasteiger partial charge in [-0.05, 0) is 30.2 Å². The molecule has 4 heteroatoms. The second kappa shape index (κ2) is 8.11. The Kier molecular flexibility index (Phi) is 6.15. The zero-order valence-corrected chi connectivity index (χ0v) is 13.5. The average molecular weight is 320 g/mol. The minimum Gasteiger partial charge on any atom is -0.351 e. The van der Waals surface area contributed by atoms with Gasteiger partial charge in [0.05, 0.1) is 5.75 Å². The van der Waals surface area contributed by atoms with Crippen molar-refractivity contribution in [1.29, 1.82) is 0 Å². The molecule has 2 aromatic rings. The molecular weight excluding hydrogens is 302 g/mol. The average Bonchev–Trinajstić information content (AvgIpc) is 2.49. The molecule has 0 fully saturated rings. The topological polar surface area (TPSA) is 29.1 Å². The lowest BCUT2D eigenvalue weighted by molar-refractivity contribution is -0.118. The third-order valence-electron chi connectivity index (χ3n) is 3.03. The number of halogens is 1. The lowest BCUT2D eigenvalue weighted by Gasteiger charge is -2.06. The van der Waals surface area contributed by atoms with Crippen LogP contribution >= 0.6 is 23.4 Å². The number of thioether (sulfide) groups is 1. The fraction of sp³-hybridized carbons (Fsp3) is 0.235. The maximum absolute atomic E-state index is 11.8. The van der Waals surface area contributed by atoms with Gasteiger partial charge in [-0.1, -0.05) is 53.6 Å². The van der Waals surface area contributed by atoms with Crippen LogP contribution in [0.2, 0.25) is 5.02 Å². The Bertz CT molecular complexity index is 581. The van der Waals surface area contributed by atoms with Gasteiger partial charge in [0.15, 0.2) is 0 Å². The number of carbonyl (C=O) groups excluding carboxylic acids is 1. The summed E-state index contributed by atoms with van der Waals surface area (Å²) in [5.41, 5.74) is 3.55. The highest BCUT2D eigenvalue weighted by Crippen LogP contribution is 2.13. The first-order valence-electron chi connectivity index (χ1n) is 6.78. The number of nitrogens with one attached hydrogen (secondary N) is 1. The zero-order valence-electron chi connectivity index (χ0n) is 11.9. The van der Waals surface area contributed by atoms with Crippen LogP contribution in [0.15, 0.2) is 48.5 Å². The molecule has 2 aromatic carbocycles. The fourth-order valence-electron chi connectivity index (χ4n) is 1.80. The van der Waals surface area contributed by atoms with E-state index in [0.717, 1.165) is 11.3 Å². The van der Waals surface area contributed by atoms with Gasteiger partial charge in [0.25, 0.3) is 0 Å². The second-order valence-electron chi connectivity index (χ2n) is 4.88. The molecule has 0 unspecified atom stereocenters. The molecule has 1 amide bonds. The molecule has 0 saturated carbocycles. The van der Waals surface area contributed by atoms with E-state index in [9.17, 15) is 4.79 Å². The van der Waals surface area contributed by atoms with Crippen LogP contribution in [-0.2, 0) is 17.1 Å². The Labute approximate surface area is 134 Å². The summed E-state index contributed by atoms with van der Waals surface area (Å²) in [4.78, 5) is 11.8. The Morgan fingerprint density at radius 1 is 1.05 bits per heavy atom. The molecule has 0 aliphatic carbocycles. The summed E-state index contributed by atoms with van der Waals surface area (Å²) in [5.74, 6) is 1.39. The predicted molar refractivity (Wildman–Crippen MR) is 90.6 cm³/mol. The molecule has 2 nitrogen and oxygen atoms in total. The van der Waals surface area contributed by atoms with Crippen LogP contribution in [0.3, 0.4) is 0 Å². The van der Waals surface area contributed by atoms with Gasteiger partial charge in [0.2, 0.25) is 5.91 Å². The first-order chi connectivity index (χ1) is 10.1. The van der Waals surface area contributed by atoms with Gasteiger partial charge in [0, 0.05) is 17.3 Å². The van der Waals surface area contributed by atoms with Crippen molar-refractivity contribution in [3.63, 3.8) is 0 Å². The summed E-state index contributed by atoms with van der Waals surface area (Å²) in [6.45, 7) is 2.61. The predicted octanol–water partition coefficient (Wildman–Crippen LogP) is 4.20. The molecule has 21 heavy (non-hydrogen) atoms. The first-order valence-corrected chi connectivity index (χ1v) is 8.31. The minimum atomic E-state index is 0.0575. The Morgan fingerprint density at radius 3 is 2.33 bits per heavy atom. The molecule has 0 aliphatic rings. The van der Waals surface area contributed by atoms with Crippen molar-refractivity contribution in [3.8, 4) is 0 Å². The Morgan fingerprint density at radius 2 is 1.67 bits per heavy atom. The monoisotopic (exact) mass is 319 g/mol. The number of amides is 1. The largest absolute Gasteiger partial charge is 0.351 e. The van der Waals surface area contributed by atoms with Crippen LogP contribution in [0.4, 0.5) is 0 Å². The van der Waals surface area contributed by atoms with Crippen molar-refractivity contribution < 1.29 is 4.79 Å². The van der Waals surface area contributed by atoms with Crippen molar-refractivity contribution in [1.82, 2.24) is 5.32 Å². The van der Waals surface area contributed by atoms with Crippen molar-refractivity contribution in [2.24, 2.45) is 0 Å². The highest BCUT2D eigenvalue weighted by molar-refractivity contribution is 7.99. The quantitative estimate of drug-likeness (QED) is 0.864. The van der Waals surface area contributed by atoms with Crippen LogP contribution in [0.5, 0.6) is 0 Å². The zero-order chi connectivity index (χ0) is 15.1. The van der Waals surface area contributed by atoms with Gasteiger partial charge in [-0.15, -0.1) is 11.8 Å². The maximum Gasteiger partial charge on any atom is 0.230 e. The van der Waals surface area contributed by atoms with Crippen LogP contribution in [0.1, 0.15) is 16.7 Å². The van der Waals surface area contributed by atoms with Gasteiger partial charge in [-0.3, -0.25) is 4.79 Å². The van der Waals surface area contributed by atoms with E-state index in [1.165, 1.54) is 11.1 Å². The summed E-state index contributed by atoms with van der Waals surface area (Å²) in [5, 5.41) is 3.62. The smallest absolute Gasteiger partial charge is 0.230 e. The van der Waals surface area contributed by atoms with E-state index >= 15 is 0 Å². The van der Waals surface area contributed by atoms with Gasteiger partial charge in [0.1, 0.15) is 0 Å². The van der Waals surface area contributed by atoms with Crippen LogP contribution in [0.25, 0.3) is 0 Å². The molecule has 0 radical (unpaired) electrons. The molecule has 0 saturated heterocycles. The summed E-state index contributed by atoms with van der Waals surface area (Å²) >= 11 is 7.44. The maximum atomic E-state index is 11.8. The van der Waals surface area contributed by atoms with Crippen LogP contribution in [-0.4, -0.2) is 11.7 Å². The van der Waals surface area contributed by atoms with Crippen molar-refractivity contribution in [2.45, 2.75) is 19.2 Å². The molecule has 2 rings (SSSR count). The van der Waals surface area contributed by atoms with E-state index in [-0.39, 0.29) is 5.91 Å². The van der Waals surface area contributed by atoms with E-state index in [0.29, 0.717) is 17.3 Å². The Hall–Kier alpha value is -1.45. The van der Waals surface area contributed by atoms with Crippen molar-refractivity contribution >= 4 is 29.3 Å². The third kappa shape index (κ3) is 5.82. The standard InChI is InChI=1S/C17H18ClNOS/c1-13-2-4-15(5-3-13)11-21-12-17(20)19-10-14-6-8-16(18)9-7-14/h2-9H,10-12H2,1H3,(H,19,20). The number of benzene rings is 2. The van der Waals surface area contributed by atoms with Crippen LogP contribution in [0, 0.1) is 6.92 Å². The lowest BCUT2D eigenvalue weighted by Crippen LogP contribution is -2.24. The van der Waals surface area contributed by atoms with E-state index in [1.54, 1.807) is 11.8 Å². The normalized spacial score (nSPS) is 10.4. The molecule has 0 aromatic heterocycles. The van der Waals surface area contributed by atoms with Gasteiger partial charge >= 0.3 is 0 Å². The highest BCUT2D eigenvalue weighted by atomic mass is 35.5. The van der Waals surface area contributed by atoms with E-state index < -0.39 is 0 Å². The minimum absolute atomic E-state index is 0.0575. The molecule has 1 N–H and O–H groups in total. The SMILES string of the molecule is Cc1ccc(CSCC(=O)NCc2ccc(Cl)cc2)cc1. The van der Waals surface area contributed by atoms with Crippen molar-refractivity contribution in [3.05, 3.63) is 70.2 Å². The molecule has 0 atom stereocenters. The fourth-order valence-corrected chi connectivity index (χ4v) is 2.74. The molecule has 110 valence electrons. The summed E-state index contributed by atoms with van der Waals surface area (Å²) in [7, 11) is 0. The summed E-state index contributed by atoms with van der Waals surface area (Å²) < 4.78 is 0. The molecular formula is C17H18ClNOS. The molecule has 0 heterocycles. The van der Waals surface area contributed by atoms with E-state index in [2.05, 4.69) is 36.5 Å². The van der Waals surface area contributed by atoms with Gasteiger partial charge in [-0.25, -0.2) is 0 Å². The van der Waals surface area contributed by atoms with E-state index in [1.807, 2.05) is 24.3 Å². The number of hydrogen-bond donors (Lipinski definition) is 1. The van der Waals surface area contributed by atoms with Gasteiger partial charge in [-0.2, -0.15) is 0 Å². The molecule has 0 bridgehead atoms. The molecule has 0 spiro atoms.